The van der Waals surface area contributed by atoms with Crippen molar-refractivity contribution in [1.29, 1.82) is 0 Å². The molecule has 0 aliphatic heterocycles. The molecule has 0 aromatic heterocycles. The van der Waals surface area contributed by atoms with Crippen LogP contribution in [0.3, 0.4) is 0 Å². The second kappa shape index (κ2) is 5.33. The molecule has 1 fully saturated rings. The molecule has 0 heterocycles. The molecule has 19 heavy (non-hydrogen) atoms. The van der Waals surface area contributed by atoms with E-state index in [1.54, 1.807) is 0 Å². The van der Waals surface area contributed by atoms with Gasteiger partial charge in [-0.15, -0.1) is 0 Å². The van der Waals surface area contributed by atoms with Gasteiger partial charge in [-0.1, -0.05) is 6.07 Å². The van der Waals surface area contributed by atoms with Crippen LogP contribution in [0.4, 0.5) is 0 Å². The van der Waals surface area contributed by atoms with E-state index in [4.69, 9.17) is 5.73 Å². The quantitative estimate of drug-likeness (QED) is 0.871. The molecule has 0 radical (unpaired) electrons. The fourth-order valence-electron chi connectivity index (χ4n) is 3.35. The lowest BCUT2D eigenvalue weighted by Gasteiger charge is -2.11. The van der Waals surface area contributed by atoms with Crippen LogP contribution in [0, 0.1) is 5.92 Å². The highest BCUT2D eigenvalue weighted by Gasteiger charge is 2.22. The third-order valence-corrected chi connectivity index (χ3v) is 4.49. The summed E-state index contributed by atoms with van der Waals surface area (Å²) in [5.41, 5.74) is 9.47. The third-order valence-electron chi connectivity index (χ3n) is 4.49. The fraction of sp³-hybridized carbons (Fsp3) is 0.562. The second-order valence-electron chi connectivity index (χ2n) is 5.99. The summed E-state index contributed by atoms with van der Waals surface area (Å²) >= 11 is 0. The average Bonchev–Trinajstić information content (AvgIpc) is 3.03. The molecule has 1 aromatic carbocycles. The van der Waals surface area contributed by atoms with Gasteiger partial charge in [0, 0.05) is 18.2 Å². The van der Waals surface area contributed by atoms with E-state index in [9.17, 15) is 4.79 Å². The van der Waals surface area contributed by atoms with E-state index < -0.39 is 0 Å². The maximum Gasteiger partial charge on any atom is 0.251 e. The Hall–Kier alpha value is -1.35. The van der Waals surface area contributed by atoms with Crippen LogP contribution in [0.1, 0.15) is 47.2 Å². The van der Waals surface area contributed by atoms with Gasteiger partial charge in [0.05, 0.1) is 0 Å². The van der Waals surface area contributed by atoms with Crippen molar-refractivity contribution in [3.63, 3.8) is 0 Å². The Morgan fingerprint density at radius 3 is 2.89 bits per heavy atom. The molecule has 1 amide bonds. The van der Waals surface area contributed by atoms with Crippen LogP contribution in [0.5, 0.6) is 0 Å². The summed E-state index contributed by atoms with van der Waals surface area (Å²) in [6.07, 6.45) is 6.79. The van der Waals surface area contributed by atoms with Crippen LogP contribution in [0.2, 0.25) is 0 Å². The van der Waals surface area contributed by atoms with Crippen molar-refractivity contribution in [2.24, 2.45) is 11.7 Å². The Kier molecular flexibility index (Phi) is 3.56. The molecule has 3 nitrogen and oxygen atoms in total. The van der Waals surface area contributed by atoms with Crippen molar-refractivity contribution in [2.75, 3.05) is 6.54 Å². The monoisotopic (exact) mass is 258 g/mol. The summed E-state index contributed by atoms with van der Waals surface area (Å²) < 4.78 is 0. The van der Waals surface area contributed by atoms with Gasteiger partial charge < -0.3 is 11.1 Å². The Bertz CT molecular complexity index is 484. The number of aryl methyl sites for hydroxylation is 2. The van der Waals surface area contributed by atoms with E-state index >= 15 is 0 Å². The van der Waals surface area contributed by atoms with Gasteiger partial charge in [-0.05, 0) is 67.7 Å². The maximum atomic E-state index is 12.1. The van der Waals surface area contributed by atoms with E-state index in [1.165, 1.54) is 17.5 Å². The van der Waals surface area contributed by atoms with Gasteiger partial charge in [0.15, 0.2) is 0 Å². The van der Waals surface area contributed by atoms with Crippen molar-refractivity contribution < 1.29 is 4.79 Å². The summed E-state index contributed by atoms with van der Waals surface area (Å²) in [6.45, 7) is 0.767. The van der Waals surface area contributed by atoms with Gasteiger partial charge in [0.25, 0.3) is 5.91 Å². The molecule has 3 rings (SSSR count). The lowest BCUT2D eigenvalue weighted by molar-refractivity contribution is 0.0947. The lowest BCUT2D eigenvalue weighted by Crippen LogP contribution is -2.29. The van der Waals surface area contributed by atoms with Gasteiger partial charge in [-0.3, -0.25) is 4.79 Å². The number of fused-ring (bicyclic) bond motifs is 1. The summed E-state index contributed by atoms with van der Waals surface area (Å²) in [6, 6.07) is 6.47. The molecule has 102 valence electrons. The van der Waals surface area contributed by atoms with Crippen LogP contribution in [0.15, 0.2) is 18.2 Å². The molecule has 3 heteroatoms. The number of rotatable bonds is 3. The van der Waals surface area contributed by atoms with E-state index in [-0.39, 0.29) is 5.91 Å². The highest BCUT2D eigenvalue weighted by atomic mass is 16.1. The average molecular weight is 258 g/mol. The SMILES string of the molecule is NC1CCC(CNC(=O)c2ccc3c(c2)CCC3)C1. The zero-order valence-electron chi connectivity index (χ0n) is 11.3. The van der Waals surface area contributed by atoms with Gasteiger partial charge >= 0.3 is 0 Å². The molecular formula is C16H22N2O. The highest BCUT2D eigenvalue weighted by Crippen LogP contribution is 2.24. The number of amides is 1. The van der Waals surface area contributed by atoms with Crippen LogP contribution >= 0.6 is 0 Å². The smallest absolute Gasteiger partial charge is 0.251 e. The standard InChI is InChI=1S/C16H22N2O/c17-15-7-4-11(8-15)10-18-16(19)14-6-5-12-2-1-3-13(12)9-14/h5-6,9,11,15H,1-4,7-8,10,17H2,(H,18,19). The molecule has 2 unspecified atom stereocenters. The van der Waals surface area contributed by atoms with E-state index in [1.807, 2.05) is 6.07 Å². The normalized spacial score (nSPS) is 25.3. The summed E-state index contributed by atoms with van der Waals surface area (Å²) in [4.78, 5) is 12.1. The van der Waals surface area contributed by atoms with Crippen LogP contribution in [-0.4, -0.2) is 18.5 Å². The van der Waals surface area contributed by atoms with Crippen LogP contribution in [-0.2, 0) is 12.8 Å². The Balaban J connectivity index is 1.58. The molecule has 2 aliphatic carbocycles. The van der Waals surface area contributed by atoms with Crippen molar-refractivity contribution in [3.8, 4) is 0 Å². The van der Waals surface area contributed by atoms with Crippen molar-refractivity contribution in [1.82, 2.24) is 5.32 Å². The zero-order chi connectivity index (χ0) is 13.2. The van der Waals surface area contributed by atoms with Gasteiger partial charge in [-0.2, -0.15) is 0 Å². The van der Waals surface area contributed by atoms with Crippen molar-refractivity contribution >= 4 is 5.91 Å². The first kappa shape index (κ1) is 12.7. The van der Waals surface area contributed by atoms with E-state index in [2.05, 4.69) is 17.4 Å². The first-order chi connectivity index (χ1) is 9.22. The summed E-state index contributed by atoms with van der Waals surface area (Å²) in [5.74, 6) is 0.628. The van der Waals surface area contributed by atoms with Gasteiger partial charge in [0.1, 0.15) is 0 Å². The Morgan fingerprint density at radius 2 is 2.11 bits per heavy atom. The summed E-state index contributed by atoms with van der Waals surface area (Å²) in [5, 5.41) is 3.06. The predicted molar refractivity (Wildman–Crippen MR) is 76.1 cm³/mol. The predicted octanol–water partition coefficient (Wildman–Crippen LogP) is 2.03. The Labute approximate surface area is 114 Å². The minimum absolute atomic E-state index is 0.0650. The molecule has 1 aromatic rings. The molecule has 0 spiro atoms. The van der Waals surface area contributed by atoms with Gasteiger partial charge in [0.2, 0.25) is 0 Å². The molecule has 0 bridgehead atoms. The molecular weight excluding hydrogens is 236 g/mol. The Morgan fingerprint density at radius 1 is 1.26 bits per heavy atom. The zero-order valence-corrected chi connectivity index (χ0v) is 11.3. The molecule has 2 atom stereocenters. The third kappa shape index (κ3) is 2.81. The first-order valence-corrected chi connectivity index (χ1v) is 7.38. The number of carbonyl (C=O) groups is 1. The number of hydrogen-bond acceptors (Lipinski definition) is 2. The minimum atomic E-state index is 0.0650. The molecule has 1 saturated carbocycles. The summed E-state index contributed by atoms with van der Waals surface area (Å²) in [7, 11) is 0. The van der Waals surface area contributed by atoms with Gasteiger partial charge in [-0.25, -0.2) is 0 Å². The molecule has 3 N–H and O–H groups in total. The van der Waals surface area contributed by atoms with Crippen molar-refractivity contribution in [2.45, 2.75) is 44.6 Å². The fourth-order valence-corrected chi connectivity index (χ4v) is 3.35. The number of nitrogens with two attached hydrogens (primary N) is 1. The first-order valence-electron chi connectivity index (χ1n) is 7.38. The topological polar surface area (TPSA) is 55.1 Å². The van der Waals surface area contributed by atoms with E-state index in [0.29, 0.717) is 12.0 Å². The molecule has 2 aliphatic rings. The lowest BCUT2D eigenvalue weighted by atomic mass is 10.1. The number of hydrogen-bond donors (Lipinski definition) is 2. The van der Waals surface area contributed by atoms with E-state index in [0.717, 1.165) is 44.2 Å². The molecule has 0 saturated heterocycles. The van der Waals surface area contributed by atoms with Crippen LogP contribution in [0.25, 0.3) is 0 Å². The van der Waals surface area contributed by atoms with Crippen molar-refractivity contribution in [3.05, 3.63) is 34.9 Å². The largest absolute Gasteiger partial charge is 0.352 e. The minimum Gasteiger partial charge on any atom is -0.352 e. The number of nitrogens with one attached hydrogen (secondary N) is 1. The van der Waals surface area contributed by atoms with Crippen LogP contribution < -0.4 is 11.1 Å². The number of benzene rings is 1. The second-order valence-corrected chi connectivity index (χ2v) is 5.99. The number of carbonyl (C=O) groups excluding carboxylic acids is 1. The highest BCUT2D eigenvalue weighted by molar-refractivity contribution is 5.94. The maximum absolute atomic E-state index is 12.1.